The lowest BCUT2D eigenvalue weighted by Gasteiger charge is -2.32. The molecule has 0 bridgehead atoms. The van der Waals surface area contributed by atoms with Gasteiger partial charge in [0.1, 0.15) is 11.4 Å². The molecule has 0 fully saturated rings. The Morgan fingerprint density at radius 2 is 1.85 bits per heavy atom. The maximum absolute atomic E-state index is 11.1. The van der Waals surface area contributed by atoms with Crippen LogP contribution in [0.4, 0.5) is 5.69 Å². The summed E-state index contributed by atoms with van der Waals surface area (Å²) in [4.78, 5) is 10.7. The minimum atomic E-state index is -0.337. The Morgan fingerprint density at radius 3 is 2.20 bits per heavy atom. The molecule has 0 radical (unpaired) electrons. The average molecular weight is 299 g/mol. The van der Waals surface area contributed by atoms with Crippen LogP contribution in [0.5, 0.6) is 0 Å². The topological polar surface area (TPSA) is 61.0 Å². The van der Waals surface area contributed by atoms with E-state index in [1.165, 1.54) is 0 Å². The first-order valence-electron chi connectivity index (χ1n) is 7.20. The SMILES string of the molecule is CCCC(CS)(CCC)Cn1nc(C)c([N+](=O)[O-])c1C. The summed E-state index contributed by atoms with van der Waals surface area (Å²) >= 11 is 4.53. The number of nitrogens with zero attached hydrogens (tertiary/aromatic N) is 3. The Balaban J connectivity index is 3.11. The standard InChI is InChI=1S/C14H25N3O2S/c1-5-7-14(10-20,8-6-2)9-16-12(4)13(17(18)19)11(3)15-16/h20H,5-10H2,1-4H3. The second-order valence-corrected chi connectivity index (χ2v) is 5.91. The van der Waals surface area contributed by atoms with Gasteiger partial charge in [-0.05, 0) is 37.9 Å². The van der Waals surface area contributed by atoms with Gasteiger partial charge in [0.25, 0.3) is 0 Å². The van der Waals surface area contributed by atoms with Crippen molar-refractivity contribution in [2.24, 2.45) is 5.41 Å². The van der Waals surface area contributed by atoms with Crippen LogP contribution in [-0.4, -0.2) is 20.5 Å². The molecule has 0 unspecified atom stereocenters. The first-order chi connectivity index (χ1) is 9.40. The van der Waals surface area contributed by atoms with Crippen LogP contribution in [0.2, 0.25) is 0 Å². The molecule has 1 aromatic rings. The van der Waals surface area contributed by atoms with E-state index in [-0.39, 0.29) is 16.0 Å². The molecule has 1 aromatic heterocycles. The fraction of sp³-hybridized carbons (Fsp3) is 0.786. The van der Waals surface area contributed by atoms with Gasteiger partial charge < -0.3 is 0 Å². The zero-order chi connectivity index (χ0) is 15.3. The summed E-state index contributed by atoms with van der Waals surface area (Å²) in [5.74, 6) is 0.779. The van der Waals surface area contributed by atoms with Crippen molar-refractivity contribution >= 4 is 18.3 Å². The summed E-state index contributed by atoms with van der Waals surface area (Å²) in [6, 6.07) is 0. The van der Waals surface area contributed by atoms with E-state index in [0.29, 0.717) is 17.9 Å². The monoisotopic (exact) mass is 299 g/mol. The number of nitro groups is 1. The van der Waals surface area contributed by atoms with Crippen molar-refractivity contribution in [1.82, 2.24) is 9.78 Å². The van der Waals surface area contributed by atoms with Gasteiger partial charge in [-0.15, -0.1) is 0 Å². The molecule has 0 spiro atoms. The number of hydrogen-bond donors (Lipinski definition) is 1. The fourth-order valence-corrected chi connectivity index (χ4v) is 3.39. The summed E-state index contributed by atoms with van der Waals surface area (Å²) in [5.41, 5.74) is 1.36. The van der Waals surface area contributed by atoms with Crippen LogP contribution in [0.25, 0.3) is 0 Å². The summed E-state index contributed by atoms with van der Waals surface area (Å²) in [6.07, 6.45) is 4.30. The van der Waals surface area contributed by atoms with Crippen molar-refractivity contribution in [2.45, 2.75) is 59.9 Å². The van der Waals surface area contributed by atoms with Crippen LogP contribution in [0, 0.1) is 29.4 Å². The molecular weight excluding hydrogens is 274 g/mol. The molecule has 0 N–H and O–H groups in total. The summed E-state index contributed by atoms with van der Waals surface area (Å²) in [5, 5.41) is 15.4. The third-order valence-electron chi connectivity index (χ3n) is 3.91. The summed E-state index contributed by atoms with van der Waals surface area (Å²) < 4.78 is 1.80. The van der Waals surface area contributed by atoms with E-state index in [1.54, 1.807) is 18.5 Å². The molecule has 0 saturated heterocycles. The van der Waals surface area contributed by atoms with E-state index in [0.717, 1.165) is 31.4 Å². The summed E-state index contributed by atoms with van der Waals surface area (Å²) in [6.45, 7) is 8.51. The number of aromatic nitrogens is 2. The minimum Gasteiger partial charge on any atom is -0.262 e. The second-order valence-electron chi connectivity index (χ2n) is 5.59. The van der Waals surface area contributed by atoms with Crippen LogP contribution < -0.4 is 0 Å². The Labute approximate surface area is 126 Å². The molecule has 0 aliphatic carbocycles. The maximum Gasteiger partial charge on any atom is 0.312 e. The van der Waals surface area contributed by atoms with Gasteiger partial charge in [-0.25, -0.2) is 0 Å². The van der Waals surface area contributed by atoms with Crippen molar-refractivity contribution in [3.05, 3.63) is 21.5 Å². The van der Waals surface area contributed by atoms with Crippen LogP contribution in [0.1, 0.15) is 50.9 Å². The van der Waals surface area contributed by atoms with Gasteiger partial charge in [-0.1, -0.05) is 26.7 Å². The lowest BCUT2D eigenvalue weighted by molar-refractivity contribution is -0.386. The number of hydrogen-bond acceptors (Lipinski definition) is 4. The Hall–Kier alpha value is -1.04. The van der Waals surface area contributed by atoms with E-state index in [2.05, 4.69) is 31.6 Å². The maximum atomic E-state index is 11.1. The summed E-state index contributed by atoms with van der Waals surface area (Å²) in [7, 11) is 0. The first kappa shape index (κ1) is 17.0. The van der Waals surface area contributed by atoms with Gasteiger partial charge in [0.05, 0.1) is 4.92 Å². The van der Waals surface area contributed by atoms with Gasteiger partial charge in [0.2, 0.25) is 0 Å². The molecule has 1 heterocycles. The molecule has 0 saturated carbocycles. The van der Waals surface area contributed by atoms with E-state index >= 15 is 0 Å². The predicted octanol–water partition coefficient (Wildman–Crippen LogP) is 3.92. The molecule has 0 aliphatic rings. The molecule has 0 aliphatic heterocycles. The highest BCUT2D eigenvalue weighted by Gasteiger charge is 2.31. The molecule has 114 valence electrons. The predicted molar refractivity (Wildman–Crippen MR) is 84.5 cm³/mol. The highest BCUT2D eigenvalue weighted by molar-refractivity contribution is 7.80. The lowest BCUT2D eigenvalue weighted by atomic mass is 9.81. The van der Waals surface area contributed by atoms with Crippen LogP contribution in [-0.2, 0) is 6.54 Å². The Bertz CT molecular complexity index is 465. The van der Waals surface area contributed by atoms with E-state index < -0.39 is 0 Å². The molecule has 1 rings (SSSR count). The molecule has 5 nitrogen and oxygen atoms in total. The van der Waals surface area contributed by atoms with Crippen molar-refractivity contribution in [2.75, 3.05) is 5.75 Å². The van der Waals surface area contributed by atoms with Gasteiger partial charge in [0, 0.05) is 6.54 Å². The highest BCUT2D eigenvalue weighted by Crippen LogP contribution is 2.35. The van der Waals surface area contributed by atoms with Crippen molar-refractivity contribution in [3.8, 4) is 0 Å². The number of rotatable bonds is 8. The zero-order valence-electron chi connectivity index (χ0n) is 12.8. The van der Waals surface area contributed by atoms with E-state index in [4.69, 9.17) is 0 Å². The number of aryl methyl sites for hydroxylation is 1. The third-order valence-corrected chi connectivity index (χ3v) is 4.58. The first-order valence-corrected chi connectivity index (χ1v) is 7.83. The van der Waals surface area contributed by atoms with Gasteiger partial charge in [-0.3, -0.25) is 14.8 Å². The zero-order valence-corrected chi connectivity index (χ0v) is 13.7. The van der Waals surface area contributed by atoms with Gasteiger partial charge in [0.15, 0.2) is 0 Å². The van der Waals surface area contributed by atoms with E-state index in [1.807, 2.05) is 0 Å². The van der Waals surface area contributed by atoms with Crippen molar-refractivity contribution in [1.29, 1.82) is 0 Å². The van der Waals surface area contributed by atoms with Gasteiger partial charge >= 0.3 is 5.69 Å². The molecule has 0 aromatic carbocycles. The van der Waals surface area contributed by atoms with Crippen molar-refractivity contribution in [3.63, 3.8) is 0 Å². The quantitative estimate of drug-likeness (QED) is 0.449. The third kappa shape index (κ3) is 3.53. The van der Waals surface area contributed by atoms with Crippen molar-refractivity contribution < 1.29 is 4.92 Å². The number of thiol groups is 1. The van der Waals surface area contributed by atoms with E-state index in [9.17, 15) is 10.1 Å². The van der Waals surface area contributed by atoms with Gasteiger partial charge in [-0.2, -0.15) is 17.7 Å². The Kier molecular flexibility index (Phi) is 6.05. The molecule has 0 amide bonds. The molecule has 6 heteroatoms. The Morgan fingerprint density at radius 1 is 1.30 bits per heavy atom. The van der Waals surface area contributed by atoms with Crippen LogP contribution in [0.15, 0.2) is 0 Å². The highest BCUT2D eigenvalue weighted by atomic mass is 32.1. The second kappa shape index (κ2) is 7.11. The normalized spacial score (nSPS) is 11.8. The van der Waals surface area contributed by atoms with Crippen LogP contribution >= 0.6 is 12.6 Å². The molecular formula is C14H25N3O2S. The lowest BCUT2D eigenvalue weighted by Crippen LogP contribution is -2.30. The average Bonchev–Trinajstić information content (AvgIpc) is 2.64. The van der Waals surface area contributed by atoms with Crippen LogP contribution in [0.3, 0.4) is 0 Å². The molecule has 20 heavy (non-hydrogen) atoms. The molecule has 0 atom stereocenters. The fourth-order valence-electron chi connectivity index (χ4n) is 2.98. The largest absolute Gasteiger partial charge is 0.312 e. The smallest absolute Gasteiger partial charge is 0.262 e. The minimum absolute atomic E-state index is 0.0731.